The molecule has 2 aromatic carbocycles. The number of nitrogens with one attached hydrogen (secondary N) is 2. The molecule has 4 rings (SSSR count). The number of hydrogen-bond acceptors (Lipinski definition) is 6. The summed E-state index contributed by atoms with van der Waals surface area (Å²) in [6, 6.07) is 14.8. The highest BCUT2D eigenvalue weighted by molar-refractivity contribution is 7.87. The quantitative estimate of drug-likeness (QED) is 0.302. The number of aliphatic carboxylic acids is 1. The minimum atomic E-state index is -3.93. The topological polar surface area (TPSA) is 132 Å². The summed E-state index contributed by atoms with van der Waals surface area (Å²) in [5.74, 6) is 4.20. The van der Waals surface area contributed by atoms with Gasteiger partial charge in [0, 0.05) is 65.8 Å². The maximum atomic E-state index is 12.7. The van der Waals surface area contributed by atoms with Crippen LogP contribution in [0.1, 0.15) is 41.0 Å². The van der Waals surface area contributed by atoms with Crippen molar-refractivity contribution in [2.24, 2.45) is 5.92 Å². The molecule has 0 bridgehead atoms. The van der Waals surface area contributed by atoms with Gasteiger partial charge in [-0.2, -0.15) is 17.4 Å². The molecule has 0 aliphatic carbocycles. The standard InChI is InChI=1S/C30H31Cl2N5O5S/c1-20(2)28(30(39)40)35-43(41,42)37-13-11-36(12-14-37)26-7-5-21(6-8-26)3-4-22-9-10-33-27(17-22)29(38)34-19-23-15-24(31)18-25(32)16-23/h5-10,15-18,20,28,35H,11-14,19H2,1-2H3,(H,34,38)(H,39,40)/t28-/m1/s1. The number of nitrogens with zero attached hydrogens (tertiary/aromatic N) is 3. The Morgan fingerprint density at radius 2 is 1.58 bits per heavy atom. The Bertz CT molecular complexity index is 1630. The Hall–Kier alpha value is -3.66. The molecule has 0 radical (unpaired) electrons. The van der Waals surface area contributed by atoms with E-state index in [1.165, 1.54) is 10.5 Å². The van der Waals surface area contributed by atoms with E-state index in [-0.39, 0.29) is 37.2 Å². The molecular weight excluding hydrogens is 613 g/mol. The number of halogens is 2. The van der Waals surface area contributed by atoms with E-state index in [1.807, 2.05) is 24.3 Å². The predicted octanol–water partition coefficient (Wildman–Crippen LogP) is 3.78. The van der Waals surface area contributed by atoms with Crippen molar-refractivity contribution in [2.75, 3.05) is 31.1 Å². The third-order valence-corrected chi connectivity index (χ3v) is 8.77. The van der Waals surface area contributed by atoms with Gasteiger partial charge in [0.05, 0.1) is 0 Å². The smallest absolute Gasteiger partial charge is 0.322 e. The number of aromatic nitrogens is 1. The Kier molecular flexibility index (Phi) is 10.7. The molecule has 1 saturated heterocycles. The molecule has 0 spiro atoms. The van der Waals surface area contributed by atoms with Crippen LogP contribution in [0.4, 0.5) is 5.69 Å². The number of carboxylic acid groups (broad SMARTS) is 1. The van der Waals surface area contributed by atoms with E-state index in [9.17, 15) is 23.1 Å². The first-order valence-electron chi connectivity index (χ1n) is 13.5. The summed E-state index contributed by atoms with van der Waals surface area (Å²) in [6.07, 6.45) is 1.53. The van der Waals surface area contributed by atoms with Crippen LogP contribution in [0.15, 0.2) is 60.8 Å². The van der Waals surface area contributed by atoms with Crippen LogP contribution in [0.3, 0.4) is 0 Å². The van der Waals surface area contributed by atoms with E-state index in [0.29, 0.717) is 28.7 Å². The third kappa shape index (κ3) is 8.92. The Morgan fingerprint density at radius 3 is 2.19 bits per heavy atom. The number of hydrogen-bond donors (Lipinski definition) is 3. The summed E-state index contributed by atoms with van der Waals surface area (Å²) in [6.45, 7) is 4.92. The van der Waals surface area contributed by atoms with Crippen molar-refractivity contribution in [3.05, 3.63) is 93.2 Å². The first-order valence-corrected chi connectivity index (χ1v) is 15.7. The van der Waals surface area contributed by atoms with Crippen LogP contribution < -0.4 is 14.9 Å². The second-order valence-electron chi connectivity index (χ2n) is 10.3. The largest absolute Gasteiger partial charge is 0.480 e. The van der Waals surface area contributed by atoms with Gasteiger partial charge in [-0.05, 0) is 66.1 Å². The van der Waals surface area contributed by atoms with Gasteiger partial charge in [-0.1, -0.05) is 48.9 Å². The summed E-state index contributed by atoms with van der Waals surface area (Å²) in [5, 5.41) is 13.1. The number of carbonyl (C=O) groups is 2. The fourth-order valence-electron chi connectivity index (χ4n) is 4.41. The van der Waals surface area contributed by atoms with Gasteiger partial charge in [0.15, 0.2) is 0 Å². The van der Waals surface area contributed by atoms with Gasteiger partial charge in [-0.15, -0.1) is 0 Å². The average molecular weight is 645 g/mol. The summed E-state index contributed by atoms with van der Waals surface area (Å²) < 4.78 is 29.1. The highest BCUT2D eigenvalue weighted by atomic mass is 35.5. The number of anilines is 1. The van der Waals surface area contributed by atoms with Gasteiger partial charge >= 0.3 is 5.97 Å². The van der Waals surface area contributed by atoms with Gasteiger partial charge < -0.3 is 15.3 Å². The molecule has 0 unspecified atom stereocenters. The minimum Gasteiger partial charge on any atom is -0.480 e. The molecule has 1 atom stereocenters. The van der Waals surface area contributed by atoms with Crippen molar-refractivity contribution in [3.8, 4) is 11.8 Å². The van der Waals surface area contributed by atoms with Crippen molar-refractivity contribution < 1.29 is 23.1 Å². The van der Waals surface area contributed by atoms with Crippen molar-refractivity contribution in [3.63, 3.8) is 0 Å². The molecule has 1 fully saturated rings. The number of benzene rings is 2. The first-order chi connectivity index (χ1) is 20.4. The summed E-state index contributed by atoms with van der Waals surface area (Å²) >= 11 is 12.0. The SMILES string of the molecule is CC(C)[C@@H](NS(=O)(=O)N1CCN(c2ccc(C#Cc3ccnc(C(=O)NCc4cc(Cl)cc(Cl)c4)c3)cc2)CC1)C(=O)O. The zero-order valence-corrected chi connectivity index (χ0v) is 25.9. The molecular formula is C30H31Cl2N5O5S. The number of rotatable bonds is 9. The van der Waals surface area contributed by atoms with Gasteiger partial charge in [-0.3, -0.25) is 14.6 Å². The Labute approximate surface area is 261 Å². The molecule has 43 heavy (non-hydrogen) atoms. The van der Waals surface area contributed by atoms with Crippen LogP contribution in [0.25, 0.3) is 0 Å². The number of pyridine rings is 1. The molecule has 0 saturated carbocycles. The Morgan fingerprint density at radius 1 is 0.953 bits per heavy atom. The number of piperazine rings is 1. The first kappa shape index (κ1) is 32.3. The second-order valence-corrected chi connectivity index (χ2v) is 12.8. The minimum absolute atomic E-state index is 0.228. The summed E-state index contributed by atoms with van der Waals surface area (Å²) in [5.41, 5.74) is 3.32. The number of carboxylic acids is 1. The maximum Gasteiger partial charge on any atom is 0.322 e. The molecule has 3 aromatic rings. The summed E-state index contributed by atoms with van der Waals surface area (Å²) in [7, 11) is -3.93. The Balaban J connectivity index is 1.33. The van der Waals surface area contributed by atoms with Crippen molar-refractivity contribution in [2.45, 2.75) is 26.4 Å². The van der Waals surface area contributed by atoms with Gasteiger partial charge in [0.25, 0.3) is 16.1 Å². The second kappa shape index (κ2) is 14.2. The van der Waals surface area contributed by atoms with Crippen LogP contribution >= 0.6 is 23.2 Å². The van der Waals surface area contributed by atoms with Crippen LogP contribution in [0, 0.1) is 17.8 Å². The molecule has 10 nitrogen and oxygen atoms in total. The number of carbonyl (C=O) groups excluding carboxylic acids is 1. The molecule has 1 aliphatic heterocycles. The van der Waals surface area contributed by atoms with E-state index in [2.05, 4.69) is 31.8 Å². The molecule has 1 aromatic heterocycles. The van der Waals surface area contributed by atoms with Crippen LogP contribution in [0.5, 0.6) is 0 Å². The van der Waals surface area contributed by atoms with E-state index in [4.69, 9.17) is 23.2 Å². The lowest BCUT2D eigenvalue weighted by atomic mass is 10.1. The van der Waals surface area contributed by atoms with Gasteiger partial charge in [0.2, 0.25) is 0 Å². The lowest BCUT2D eigenvalue weighted by molar-refractivity contribution is -0.140. The normalized spacial score (nSPS) is 14.6. The van der Waals surface area contributed by atoms with Crippen molar-refractivity contribution in [1.82, 2.24) is 19.3 Å². The molecule has 3 N–H and O–H groups in total. The molecule has 1 amide bonds. The van der Waals surface area contributed by atoms with Crippen molar-refractivity contribution >= 4 is 51.0 Å². The number of amides is 1. The third-order valence-electron chi connectivity index (χ3n) is 6.74. The lowest BCUT2D eigenvalue weighted by Crippen LogP contribution is -2.55. The van der Waals surface area contributed by atoms with Gasteiger partial charge in [-0.25, -0.2) is 0 Å². The molecule has 2 heterocycles. The lowest BCUT2D eigenvalue weighted by Gasteiger charge is -2.36. The van der Waals surface area contributed by atoms with E-state index in [1.54, 1.807) is 44.2 Å². The molecule has 1 aliphatic rings. The van der Waals surface area contributed by atoms with E-state index in [0.717, 1.165) is 16.8 Å². The fraction of sp³-hybridized carbons (Fsp3) is 0.300. The maximum absolute atomic E-state index is 12.7. The van der Waals surface area contributed by atoms with Crippen LogP contribution in [-0.2, 0) is 21.5 Å². The highest BCUT2D eigenvalue weighted by Crippen LogP contribution is 2.20. The van der Waals surface area contributed by atoms with Crippen LogP contribution in [-0.4, -0.2) is 66.9 Å². The molecule has 226 valence electrons. The summed E-state index contributed by atoms with van der Waals surface area (Å²) in [4.78, 5) is 30.3. The predicted molar refractivity (Wildman–Crippen MR) is 166 cm³/mol. The van der Waals surface area contributed by atoms with Gasteiger partial charge in [0.1, 0.15) is 11.7 Å². The van der Waals surface area contributed by atoms with E-state index >= 15 is 0 Å². The monoisotopic (exact) mass is 643 g/mol. The average Bonchev–Trinajstić information content (AvgIpc) is 2.97. The van der Waals surface area contributed by atoms with Crippen LogP contribution in [0.2, 0.25) is 10.0 Å². The zero-order chi connectivity index (χ0) is 31.1. The van der Waals surface area contributed by atoms with Crippen molar-refractivity contribution in [1.29, 1.82) is 0 Å². The molecule has 13 heteroatoms. The fourth-order valence-corrected chi connectivity index (χ4v) is 6.47. The van der Waals surface area contributed by atoms with E-state index < -0.39 is 22.2 Å². The highest BCUT2D eigenvalue weighted by Gasteiger charge is 2.33. The zero-order valence-electron chi connectivity index (χ0n) is 23.5.